The van der Waals surface area contributed by atoms with Crippen molar-refractivity contribution in [2.24, 2.45) is 0 Å². The summed E-state index contributed by atoms with van der Waals surface area (Å²) in [5.41, 5.74) is 2.98. The molecule has 0 spiro atoms. The molecule has 1 amide bonds. The highest BCUT2D eigenvalue weighted by atomic mass is 16.1. The van der Waals surface area contributed by atoms with E-state index >= 15 is 0 Å². The standard InChI is InChI=1S/C15H18N4O/c1-9(2)14-17-8-6-13(18-14)15(20)19-12-5-7-16-11(4)10(12)3/h5-9H,1-4H3,(H,16,19,20). The van der Waals surface area contributed by atoms with E-state index < -0.39 is 0 Å². The molecule has 0 fully saturated rings. The normalized spacial score (nSPS) is 10.7. The summed E-state index contributed by atoms with van der Waals surface area (Å²) in [6.07, 6.45) is 3.29. The first kappa shape index (κ1) is 14.1. The minimum atomic E-state index is -0.233. The number of nitrogens with zero attached hydrogens (tertiary/aromatic N) is 3. The van der Waals surface area contributed by atoms with Crippen molar-refractivity contribution in [3.8, 4) is 0 Å². The lowest BCUT2D eigenvalue weighted by molar-refractivity contribution is 0.102. The van der Waals surface area contributed by atoms with Gasteiger partial charge in [-0.3, -0.25) is 9.78 Å². The second-order valence-corrected chi connectivity index (χ2v) is 4.98. The summed E-state index contributed by atoms with van der Waals surface area (Å²) in [6, 6.07) is 3.40. The molecule has 2 aromatic heterocycles. The summed E-state index contributed by atoms with van der Waals surface area (Å²) in [7, 11) is 0. The van der Waals surface area contributed by atoms with Gasteiger partial charge in [-0.1, -0.05) is 13.8 Å². The third-order valence-corrected chi connectivity index (χ3v) is 3.13. The van der Waals surface area contributed by atoms with Crippen LogP contribution < -0.4 is 5.32 Å². The van der Waals surface area contributed by atoms with Gasteiger partial charge in [0.2, 0.25) is 0 Å². The molecule has 0 aliphatic heterocycles. The molecule has 2 rings (SSSR count). The highest BCUT2D eigenvalue weighted by Gasteiger charge is 2.12. The van der Waals surface area contributed by atoms with Gasteiger partial charge in [0.25, 0.3) is 5.91 Å². The van der Waals surface area contributed by atoms with E-state index in [2.05, 4.69) is 20.3 Å². The van der Waals surface area contributed by atoms with E-state index in [0.717, 1.165) is 16.9 Å². The van der Waals surface area contributed by atoms with E-state index in [9.17, 15) is 4.79 Å². The number of hydrogen-bond acceptors (Lipinski definition) is 4. The lowest BCUT2D eigenvalue weighted by atomic mass is 10.2. The Morgan fingerprint density at radius 1 is 1.15 bits per heavy atom. The maximum Gasteiger partial charge on any atom is 0.274 e. The van der Waals surface area contributed by atoms with Crippen molar-refractivity contribution in [1.29, 1.82) is 0 Å². The number of anilines is 1. The van der Waals surface area contributed by atoms with Crippen LogP contribution in [0.5, 0.6) is 0 Å². The summed E-state index contributed by atoms with van der Waals surface area (Å²) < 4.78 is 0. The molecule has 0 saturated heterocycles. The van der Waals surface area contributed by atoms with E-state index in [0.29, 0.717) is 11.5 Å². The summed E-state index contributed by atoms with van der Waals surface area (Å²) in [5, 5.41) is 2.86. The predicted octanol–water partition coefficient (Wildman–Crippen LogP) is 2.86. The van der Waals surface area contributed by atoms with Crippen molar-refractivity contribution in [2.45, 2.75) is 33.6 Å². The molecule has 5 heteroatoms. The Morgan fingerprint density at radius 2 is 1.85 bits per heavy atom. The third-order valence-electron chi connectivity index (χ3n) is 3.13. The van der Waals surface area contributed by atoms with Gasteiger partial charge >= 0.3 is 0 Å². The summed E-state index contributed by atoms with van der Waals surface area (Å²) in [5.74, 6) is 0.621. The molecule has 0 aromatic carbocycles. The molecule has 1 N–H and O–H groups in total. The second kappa shape index (κ2) is 5.77. The number of aryl methyl sites for hydroxylation is 1. The number of carbonyl (C=O) groups is 1. The highest BCUT2D eigenvalue weighted by molar-refractivity contribution is 6.03. The zero-order valence-corrected chi connectivity index (χ0v) is 12.1. The van der Waals surface area contributed by atoms with Crippen LogP contribution in [0.3, 0.4) is 0 Å². The Balaban J connectivity index is 2.24. The second-order valence-electron chi connectivity index (χ2n) is 4.98. The van der Waals surface area contributed by atoms with E-state index in [4.69, 9.17) is 0 Å². The van der Waals surface area contributed by atoms with Gasteiger partial charge < -0.3 is 5.32 Å². The fraction of sp³-hybridized carbons (Fsp3) is 0.333. The number of pyridine rings is 1. The molecule has 20 heavy (non-hydrogen) atoms. The summed E-state index contributed by atoms with van der Waals surface area (Å²) >= 11 is 0. The van der Waals surface area contributed by atoms with Crippen LogP contribution in [0.15, 0.2) is 24.5 Å². The van der Waals surface area contributed by atoms with Crippen molar-refractivity contribution in [2.75, 3.05) is 5.32 Å². The Bertz CT molecular complexity index is 638. The van der Waals surface area contributed by atoms with Gasteiger partial charge in [-0.05, 0) is 31.5 Å². The number of nitrogens with one attached hydrogen (secondary N) is 1. The first-order valence-corrected chi connectivity index (χ1v) is 6.55. The van der Waals surface area contributed by atoms with E-state index in [1.54, 1.807) is 24.5 Å². The zero-order chi connectivity index (χ0) is 14.7. The lowest BCUT2D eigenvalue weighted by Gasteiger charge is -2.10. The molecule has 2 aromatic rings. The van der Waals surface area contributed by atoms with E-state index in [-0.39, 0.29) is 11.8 Å². The minimum absolute atomic E-state index is 0.188. The number of rotatable bonds is 3. The predicted molar refractivity (Wildman–Crippen MR) is 77.8 cm³/mol. The van der Waals surface area contributed by atoms with Gasteiger partial charge in [-0.25, -0.2) is 9.97 Å². The number of hydrogen-bond donors (Lipinski definition) is 1. The maximum atomic E-state index is 12.2. The van der Waals surface area contributed by atoms with Crippen LogP contribution in [0.25, 0.3) is 0 Å². The average Bonchev–Trinajstić information content (AvgIpc) is 2.44. The maximum absolute atomic E-state index is 12.2. The van der Waals surface area contributed by atoms with Crippen molar-refractivity contribution < 1.29 is 4.79 Å². The van der Waals surface area contributed by atoms with Gasteiger partial charge in [0.05, 0.1) is 0 Å². The SMILES string of the molecule is Cc1nccc(NC(=O)c2ccnc(C(C)C)n2)c1C. The average molecular weight is 270 g/mol. The fourth-order valence-corrected chi connectivity index (χ4v) is 1.74. The molecule has 0 radical (unpaired) electrons. The Hall–Kier alpha value is -2.30. The molecular weight excluding hydrogens is 252 g/mol. The molecule has 5 nitrogen and oxygen atoms in total. The molecular formula is C15H18N4O. The van der Waals surface area contributed by atoms with Crippen LogP contribution in [0, 0.1) is 13.8 Å². The van der Waals surface area contributed by atoms with E-state index in [1.165, 1.54) is 0 Å². The molecule has 0 aliphatic carbocycles. The van der Waals surface area contributed by atoms with Gasteiger partial charge in [0.15, 0.2) is 0 Å². The minimum Gasteiger partial charge on any atom is -0.320 e. The van der Waals surface area contributed by atoms with Crippen molar-refractivity contribution >= 4 is 11.6 Å². The van der Waals surface area contributed by atoms with Gasteiger partial charge in [-0.2, -0.15) is 0 Å². The number of aromatic nitrogens is 3. The number of carbonyl (C=O) groups excluding carboxylic acids is 1. The van der Waals surface area contributed by atoms with E-state index in [1.807, 2.05) is 27.7 Å². The number of amides is 1. The first-order chi connectivity index (χ1) is 9.49. The van der Waals surface area contributed by atoms with Crippen molar-refractivity contribution in [3.05, 3.63) is 47.3 Å². The smallest absolute Gasteiger partial charge is 0.274 e. The molecule has 0 aliphatic rings. The monoisotopic (exact) mass is 270 g/mol. The Morgan fingerprint density at radius 3 is 2.55 bits per heavy atom. The largest absolute Gasteiger partial charge is 0.320 e. The topological polar surface area (TPSA) is 67.8 Å². The van der Waals surface area contributed by atoms with Crippen LogP contribution in [0.1, 0.15) is 47.3 Å². The quantitative estimate of drug-likeness (QED) is 0.931. The van der Waals surface area contributed by atoms with Gasteiger partial charge in [0.1, 0.15) is 11.5 Å². The van der Waals surface area contributed by atoms with Crippen LogP contribution in [0.4, 0.5) is 5.69 Å². The van der Waals surface area contributed by atoms with Crippen LogP contribution in [-0.2, 0) is 0 Å². The van der Waals surface area contributed by atoms with Crippen LogP contribution in [-0.4, -0.2) is 20.9 Å². The zero-order valence-electron chi connectivity index (χ0n) is 12.1. The Labute approximate surface area is 118 Å². The summed E-state index contributed by atoms with van der Waals surface area (Å²) in [4.78, 5) is 24.9. The van der Waals surface area contributed by atoms with Crippen molar-refractivity contribution in [3.63, 3.8) is 0 Å². The molecule has 0 saturated carbocycles. The molecule has 2 heterocycles. The van der Waals surface area contributed by atoms with Gasteiger partial charge in [-0.15, -0.1) is 0 Å². The molecule has 0 unspecified atom stereocenters. The Kier molecular flexibility index (Phi) is 4.08. The van der Waals surface area contributed by atoms with Gasteiger partial charge in [0, 0.05) is 29.7 Å². The van der Waals surface area contributed by atoms with Crippen molar-refractivity contribution in [1.82, 2.24) is 15.0 Å². The molecule has 104 valence electrons. The fourth-order valence-electron chi connectivity index (χ4n) is 1.74. The molecule has 0 bridgehead atoms. The third kappa shape index (κ3) is 2.99. The lowest BCUT2D eigenvalue weighted by Crippen LogP contribution is -2.16. The summed E-state index contributed by atoms with van der Waals surface area (Å²) in [6.45, 7) is 7.82. The molecule has 0 atom stereocenters. The van der Waals surface area contributed by atoms with Crippen LogP contribution >= 0.6 is 0 Å². The first-order valence-electron chi connectivity index (χ1n) is 6.55. The highest BCUT2D eigenvalue weighted by Crippen LogP contribution is 2.17. The van der Waals surface area contributed by atoms with Crippen LogP contribution in [0.2, 0.25) is 0 Å².